The normalized spacial score (nSPS) is 11.6. The third-order valence-electron chi connectivity index (χ3n) is 4.62. The van der Waals surface area contributed by atoms with E-state index in [1.807, 2.05) is 6.92 Å². The minimum atomic E-state index is -0.677. The topological polar surface area (TPSA) is 92.6 Å². The molecule has 7 nitrogen and oxygen atoms in total. The van der Waals surface area contributed by atoms with Gasteiger partial charge in [0, 0.05) is 31.0 Å². The molecule has 0 aliphatic carbocycles. The molecule has 0 bridgehead atoms. The molecule has 0 aromatic heterocycles. The van der Waals surface area contributed by atoms with Gasteiger partial charge in [-0.2, -0.15) is 0 Å². The molecule has 2 aromatic rings. The van der Waals surface area contributed by atoms with E-state index < -0.39 is 11.0 Å². The Morgan fingerprint density at radius 1 is 1.13 bits per heavy atom. The highest BCUT2D eigenvalue weighted by atomic mass is 32.2. The van der Waals surface area contributed by atoms with Crippen LogP contribution in [0.1, 0.15) is 31.4 Å². The molecule has 9 heteroatoms. The molecule has 2 aromatic carbocycles. The molecule has 1 atom stereocenters. The molecule has 2 rings (SSSR count). The van der Waals surface area contributed by atoms with Crippen LogP contribution in [-0.4, -0.2) is 40.0 Å². The predicted octanol–water partition coefficient (Wildman–Crippen LogP) is 3.91. The van der Waals surface area contributed by atoms with Crippen molar-refractivity contribution in [3.8, 4) is 0 Å². The van der Waals surface area contributed by atoms with Gasteiger partial charge in [0.15, 0.2) is 0 Å². The molecule has 0 spiro atoms. The highest BCUT2D eigenvalue weighted by Crippen LogP contribution is 2.18. The molecule has 0 saturated heterocycles. The lowest BCUT2D eigenvalue weighted by Crippen LogP contribution is -2.48. The van der Waals surface area contributed by atoms with Gasteiger partial charge in [-0.3, -0.25) is 19.7 Å². The van der Waals surface area contributed by atoms with Gasteiger partial charge in [-0.05, 0) is 36.6 Å². The van der Waals surface area contributed by atoms with Gasteiger partial charge in [-0.1, -0.05) is 31.2 Å². The van der Waals surface area contributed by atoms with Crippen LogP contribution >= 0.6 is 11.8 Å². The summed E-state index contributed by atoms with van der Waals surface area (Å²) in [5.74, 6) is -0.171. The number of nitro groups is 1. The molecule has 0 heterocycles. The number of nitro benzene ring substituents is 1. The quantitative estimate of drug-likeness (QED) is 0.416. The van der Waals surface area contributed by atoms with Gasteiger partial charge in [-0.15, -0.1) is 11.8 Å². The lowest BCUT2D eigenvalue weighted by molar-refractivity contribution is -0.384. The lowest BCUT2D eigenvalue weighted by atomic mass is 10.1. The second kappa shape index (κ2) is 12.0. The molecule has 0 aliphatic rings. The molecular formula is C22H26FN3O4S. The van der Waals surface area contributed by atoms with E-state index in [4.69, 9.17) is 0 Å². The van der Waals surface area contributed by atoms with Crippen LogP contribution in [-0.2, 0) is 21.9 Å². The van der Waals surface area contributed by atoms with E-state index in [2.05, 4.69) is 5.32 Å². The first-order valence-electron chi connectivity index (χ1n) is 9.94. The standard InChI is InChI=1S/C22H26FN3O4S/c1-3-12-24-22(28)16(2)25(13-17-4-8-19(23)9-5-17)21(27)15-31-14-18-6-10-20(11-7-18)26(29)30/h4-11,16H,3,12-15H2,1-2H3,(H,24,28)/t16-/m1/s1. The first-order valence-corrected chi connectivity index (χ1v) is 11.1. The summed E-state index contributed by atoms with van der Waals surface area (Å²) in [5.41, 5.74) is 1.61. The van der Waals surface area contributed by atoms with Crippen molar-refractivity contribution in [2.45, 2.75) is 38.6 Å². The van der Waals surface area contributed by atoms with Crippen LogP contribution in [0.4, 0.5) is 10.1 Å². The fourth-order valence-electron chi connectivity index (χ4n) is 2.82. The highest BCUT2D eigenvalue weighted by molar-refractivity contribution is 7.99. The smallest absolute Gasteiger partial charge is 0.269 e. The summed E-state index contributed by atoms with van der Waals surface area (Å²) in [6.45, 7) is 4.34. The number of halogens is 1. The van der Waals surface area contributed by atoms with E-state index in [1.54, 1.807) is 31.2 Å². The molecule has 2 amide bonds. The Morgan fingerprint density at radius 2 is 1.74 bits per heavy atom. The Labute approximate surface area is 185 Å². The minimum absolute atomic E-state index is 0.0159. The van der Waals surface area contributed by atoms with Crippen molar-refractivity contribution < 1.29 is 18.9 Å². The van der Waals surface area contributed by atoms with E-state index in [-0.39, 0.29) is 35.6 Å². The fraction of sp³-hybridized carbons (Fsp3) is 0.364. The van der Waals surface area contributed by atoms with Crippen LogP contribution in [0.5, 0.6) is 0 Å². The monoisotopic (exact) mass is 447 g/mol. The van der Waals surface area contributed by atoms with Crippen LogP contribution in [0, 0.1) is 15.9 Å². The summed E-state index contributed by atoms with van der Waals surface area (Å²) in [4.78, 5) is 37.1. The van der Waals surface area contributed by atoms with Crippen molar-refractivity contribution >= 4 is 29.3 Å². The zero-order chi connectivity index (χ0) is 22.8. The Balaban J connectivity index is 2.02. The molecule has 31 heavy (non-hydrogen) atoms. The number of nitrogens with one attached hydrogen (secondary N) is 1. The summed E-state index contributed by atoms with van der Waals surface area (Å²) in [6, 6.07) is 11.3. The maximum Gasteiger partial charge on any atom is 0.269 e. The van der Waals surface area contributed by atoms with Crippen LogP contribution in [0.3, 0.4) is 0 Å². The van der Waals surface area contributed by atoms with Gasteiger partial charge in [-0.25, -0.2) is 4.39 Å². The van der Waals surface area contributed by atoms with Crippen molar-refractivity contribution in [2.24, 2.45) is 0 Å². The number of amides is 2. The third-order valence-corrected chi connectivity index (χ3v) is 5.61. The molecule has 1 N–H and O–H groups in total. The van der Waals surface area contributed by atoms with Gasteiger partial charge in [0.2, 0.25) is 11.8 Å². The molecule has 0 saturated carbocycles. The van der Waals surface area contributed by atoms with E-state index >= 15 is 0 Å². The van der Waals surface area contributed by atoms with Crippen molar-refractivity contribution in [3.63, 3.8) is 0 Å². The maximum absolute atomic E-state index is 13.2. The molecule has 0 aliphatic heterocycles. The zero-order valence-corrected chi connectivity index (χ0v) is 18.4. The van der Waals surface area contributed by atoms with Crippen molar-refractivity contribution in [2.75, 3.05) is 12.3 Å². The lowest BCUT2D eigenvalue weighted by Gasteiger charge is -2.28. The number of carbonyl (C=O) groups excluding carboxylic acids is 2. The first kappa shape index (κ1) is 24.3. The Hall–Kier alpha value is -2.94. The summed E-state index contributed by atoms with van der Waals surface area (Å²) >= 11 is 1.36. The second-order valence-electron chi connectivity index (χ2n) is 7.03. The van der Waals surface area contributed by atoms with E-state index in [0.29, 0.717) is 12.3 Å². The number of thioether (sulfide) groups is 1. The molecular weight excluding hydrogens is 421 g/mol. The maximum atomic E-state index is 13.2. The molecule has 0 unspecified atom stereocenters. The average Bonchev–Trinajstić information content (AvgIpc) is 2.76. The molecule has 166 valence electrons. The Morgan fingerprint density at radius 3 is 2.32 bits per heavy atom. The second-order valence-corrected chi connectivity index (χ2v) is 8.02. The number of non-ortho nitro benzene ring substituents is 1. The fourth-order valence-corrected chi connectivity index (χ4v) is 3.69. The first-order chi connectivity index (χ1) is 14.8. The number of hydrogen-bond acceptors (Lipinski definition) is 5. The number of nitrogens with zero attached hydrogens (tertiary/aromatic N) is 2. The predicted molar refractivity (Wildman–Crippen MR) is 119 cm³/mol. The summed E-state index contributed by atoms with van der Waals surface area (Å²) in [5, 5.41) is 13.5. The van der Waals surface area contributed by atoms with Gasteiger partial charge >= 0.3 is 0 Å². The molecule has 0 fully saturated rings. The number of hydrogen-bond donors (Lipinski definition) is 1. The number of benzene rings is 2. The summed E-state index contributed by atoms with van der Waals surface area (Å²) in [6.07, 6.45) is 0.787. The van der Waals surface area contributed by atoms with E-state index in [1.165, 1.54) is 40.9 Å². The summed E-state index contributed by atoms with van der Waals surface area (Å²) in [7, 11) is 0. The van der Waals surface area contributed by atoms with Gasteiger partial charge in [0.25, 0.3) is 5.69 Å². The zero-order valence-electron chi connectivity index (χ0n) is 17.5. The van der Waals surface area contributed by atoms with Crippen LogP contribution in [0.15, 0.2) is 48.5 Å². The average molecular weight is 448 g/mol. The molecule has 0 radical (unpaired) electrons. The Bertz CT molecular complexity index is 891. The highest BCUT2D eigenvalue weighted by Gasteiger charge is 2.25. The van der Waals surface area contributed by atoms with Crippen LogP contribution < -0.4 is 5.32 Å². The van der Waals surface area contributed by atoms with Gasteiger partial charge in [0.05, 0.1) is 10.7 Å². The van der Waals surface area contributed by atoms with Gasteiger partial charge in [0.1, 0.15) is 11.9 Å². The van der Waals surface area contributed by atoms with Crippen molar-refractivity contribution in [3.05, 3.63) is 75.6 Å². The van der Waals surface area contributed by atoms with E-state index in [9.17, 15) is 24.1 Å². The van der Waals surface area contributed by atoms with Crippen LogP contribution in [0.2, 0.25) is 0 Å². The Kier molecular flexibility index (Phi) is 9.45. The van der Waals surface area contributed by atoms with Crippen LogP contribution in [0.25, 0.3) is 0 Å². The largest absolute Gasteiger partial charge is 0.354 e. The van der Waals surface area contributed by atoms with E-state index in [0.717, 1.165) is 17.5 Å². The third kappa shape index (κ3) is 7.67. The van der Waals surface area contributed by atoms with Crippen molar-refractivity contribution in [1.82, 2.24) is 10.2 Å². The van der Waals surface area contributed by atoms with Crippen molar-refractivity contribution in [1.29, 1.82) is 0 Å². The number of carbonyl (C=O) groups is 2. The number of rotatable bonds is 11. The van der Waals surface area contributed by atoms with Gasteiger partial charge < -0.3 is 10.2 Å². The SMILES string of the molecule is CCCNC(=O)[C@@H](C)N(Cc1ccc(F)cc1)C(=O)CSCc1ccc([N+](=O)[O-])cc1. The minimum Gasteiger partial charge on any atom is -0.354 e. The summed E-state index contributed by atoms with van der Waals surface area (Å²) < 4.78 is 13.2.